The summed E-state index contributed by atoms with van der Waals surface area (Å²) in [5.41, 5.74) is 3.22. The third-order valence-corrected chi connectivity index (χ3v) is 7.19. The maximum Gasteiger partial charge on any atom is 0.343 e. The second-order valence-corrected chi connectivity index (χ2v) is 10.9. The first-order valence-electron chi connectivity index (χ1n) is 16.3. The molecule has 260 valence electrons. The summed E-state index contributed by atoms with van der Waals surface area (Å²) < 4.78 is 27.6. The summed E-state index contributed by atoms with van der Waals surface area (Å²) in [6.07, 6.45) is 7.41. The molecule has 10 heteroatoms. The first-order chi connectivity index (χ1) is 24.4. The zero-order valence-electron chi connectivity index (χ0n) is 27.8. The summed E-state index contributed by atoms with van der Waals surface area (Å²) in [5, 5.41) is 1.58. The first kappa shape index (κ1) is 37.0. The summed E-state index contributed by atoms with van der Waals surface area (Å²) in [7, 11) is 0. The second kappa shape index (κ2) is 20.5. The Morgan fingerprint density at radius 2 is 1.10 bits per heavy atom. The molecule has 0 aliphatic rings. The molecular weight excluding hydrogens is 640 g/mol. The molecule has 0 spiro atoms. The van der Waals surface area contributed by atoms with Gasteiger partial charge in [-0.2, -0.15) is 4.89 Å². The molecule has 0 saturated carbocycles. The minimum absolute atomic E-state index is 0.355. The van der Waals surface area contributed by atoms with E-state index < -0.39 is 17.9 Å². The number of carbonyl (C=O) groups is 3. The van der Waals surface area contributed by atoms with Crippen LogP contribution in [0.4, 0.5) is 0 Å². The topological polar surface area (TPSA) is 116 Å². The lowest BCUT2D eigenvalue weighted by atomic mass is 10.1. The fraction of sp³-hybridized carbons (Fsp3) is 0.250. The van der Waals surface area contributed by atoms with E-state index in [4.69, 9.17) is 33.5 Å². The molecule has 10 nitrogen and oxygen atoms in total. The van der Waals surface area contributed by atoms with Crippen molar-refractivity contribution in [1.29, 1.82) is 0 Å². The van der Waals surface area contributed by atoms with E-state index in [2.05, 4.69) is 18.9 Å². The third-order valence-electron chi connectivity index (χ3n) is 7.19. The number of benzene rings is 4. The van der Waals surface area contributed by atoms with Crippen LogP contribution in [0.15, 0.2) is 116 Å². The van der Waals surface area contributed by atoms with Gasteiger partial charge in [-0.3, -0.25) is 0 Å². The summed E-state index contributed by atoms with van der Waals surface area (Å²) in [4.78, 5) is 46.3. The highest BCUT2D eigenvalue weighted by atomic mass is 17.2. The Morgan fingerprint density at radius 3 is 1.78 bits per heavy atom. The molecule has 0 radical (unpaired) electrons. The van der Waals surface area contributed by atoms with Crippen LogP contribution in [-0.4, -0.2) is 44.3 Å². The van der Waals surface area contributed by atoms with E-state index >= 15 is 0 Å². The average Bonchev–Trinajstić information content (AvgIpc) is 3.14. The van der Waals surface area contributed by atoms with Gasteiger partial charge in [0.1, 0.15) is 23.0 Å². The van der Waals surface area contributed by atoms with Crippen LogP contribution in [0.3, 0.4) is 0 Å². The Kier molecular flexibility index (Phi) is 15.2. The van der Waals surface area contributed by atoms with Crippen LogP contribution in [-0.2, 0) is 19.3 Å². The summed E-state index contributed by atoms with van der Waals surface area (Å²) in [5.74, 6) is 0.672. The van der Waals surface area contributed by atoms with Crippen molar-refractivity contribution in [2.75, 3.05) is 26.4 Å². The van der Waals surface area contributed by atoms with Crippen molar-refractivity contribution in [1.82, 2.24) is 0 Å². The number of hydrogen-bond acceptors (Lipinski definition) is 10. The zero-order chi connectivity index (χ0) is 35.4. The summed E-state index contributed by atoms with van der Waals surface area (Å²) >= 11 is 0. The zero-order valence-corrected chi connectivity index (χ0v) is 27.8. The highest BCUT2D eigenvalue weighted by Gasteiger charge is 2.13. The number of ether oxygens (including phenoxy) is 5. The van der Waals surface area contributed by atoms with E-state index in [9.17, 15) is 14.4 Å². The van der Waals surface area contributed by atoms with Gasteiger partial charge in [0.2, 0.25) is 0 Å². The van der Waals surface area contributed by atoms with Crippen molar-refractivity contribution in [3.8, 4) is 23.0 Å². The van der Waals surface area contributed by atoms with Crippen LogP contribution in [0.1, 0.15) is 59.2 Å². The number of hydrogen-bond donors (Lipinski definition) is 0. The van der Waals surface area contributed by atoms with Gasteiger partial charge in [-0.1, -0.05) is 31.0 Å². The number of fused-ring (bicyclic) bond motifs is 1. The van der Waals surface area contributed by atoms with Gasteiger partial charge in [0, 0.05) is 6.08 Å². The molecule has 0 N–H and O–H groups in total. The van der Waals surface area contributed by atoms with Crippen LogP contribution in [0.5, 0.6) is 23.0 Å². The van der Waals surface area contributed by atoms with Crippen LogP contribution in [0.2, 0.25) is 0 Å². The fourth-order valence-electron chi connectivity index (χ4n) is 4.59. The summed E-state index contributed by atoms with van der Waals surface area (Å²) in [6, 6.07) is 24.0. The van der Waals surface area contributed by atoms with E-state index in [0.29, 0.717) is 60.6 Å². The number of carbonyl (C=O) groups excluding carboxylic acids is 3. The molecule has 0 atom stereocenters. The SMILES string of the molecule is C=C=COOCCCCCOc1ccc(OC(=O)c2ccc3cc(OC(=O)c4ccc(OCCCCCOC(=O)C=C)cc4)ccc3c2)cc1. The van der Waals surface area contributed by atoms with E-state index in [1.54, 1.807) is 84.9 Å². The van der Waals surface area contributed by atoms with Gasteiger partial charge in [-0.05, 0) is 122 Å². The molecule has 4 rings (SSSR count). The maximum absolute atomic E-state index is 12.9. The van der Waals surface area contributed by atoms with Crippen molar-refractivity contribution in [2.45, 2.75) is 38.5 Å². The lowest BCUT2D eigenvalue weighted by Crippen LogP contribution is -2.09. The molecule has 0 unspecified atom stereocenters. The smallest absolute Gasteiger partial charge is 0.343 e. The van der Waals surface area contributed by atoms with E-state index in [1.807, 2.05) is 0 Å². The van der Waals surface area contributed by atoms with Gasteiger partial charge in [-0.25, -0.2) is 14.4 Å². The Bertz CT molecular complexity index is 1760. The standard InChI is InChI=1S/C40H40O10/c1-3-23-47-48-27-10-6-8-25-45-35-19-21-36(22-20-35)49-40(43)33-12-11-32-29-37(18-15-31(32)28-33)50-39(42)30-13-16-34(17-14-30)44-24-7-5-9-26-46-38(41)4-2/h4,11-23,28-29H,1-2,5-10,24-27H2. The van der Waals surface area contributed by atoms with Crippen LogP contribution >= 0.6 is 0 Å². The lowest BCUT2D eigenvalue weighted by Gasteiger charge is -2.09. The maximum atomic E-state index is 12.9. The normalized spacial score (nSPS) is 10.4. The molecule has 0 fully saturated rings. The molecule has 0 amide bonds. The van der Waals surface area contributed by atoms with E-state index in [0.717, 1.165) is 55.4 Å². The van der Waals surface area contributed by atoms with Gasteiger partial charge in [0.15, 0.2) is 6.26 Å². The minimum atomic E-state index is -0.504. The van der Waals surface area contributed by atoms with E-state index in [1.165, 1.54) is 6.26 Å². The Hall–Kier alpha value is -5.83. The molecule has 4 aromatic carbocycles. The van der Waals surface area contributed by atoms with Crippen molar-refractivity contribution in [3.05, 3.63) is 127 Å². The van der Waals surface area contributed by atoms with Crippen molar-refractivity contribution < 1.29 is 47.8 Å². The molecule has 4 aromatic rings. The summed E-state index contributed by atoms with van der Waals surface area (Å²) in [6.45, 7) is 8.62. The van der Waals surface area contributed by atoms with Crippen molar-refractivity contribution in [3.63, 3.8) is 0 Å². The quantitative estimate of drug-likeness (QED) is 0.0124. The average molecular weight is 681 g/mol. The van der Waals surface area contributed by atoms with Crippen molar-refractivity contribution in [2.24, 2.45) is 0 Å². The highest BCUT2D eigenvalue weighted by molar-refractivity contribution is 5.97. The number of esters is 3. The van der Waals surface area contributed by atoms with Gasteiger partial charge >= 0.3 is 17.9 Å². The number of unbranched alkanes of at least 4 members (excludes halogenated alkanes) is 4. The molecule has 0 aromatic heterocycles. The largest absolute Gasteiger partial charge is 0.494 e. The molecular formula is C40H40O10. The van der Waals surface area contributed by atoms with Gasteiger partial charge in [0.05, 0.1) is 37.6 Å². The van der Waals surface area contributed by atoms with Gasteiger partial charge < -0.3 is 28.6 Å². The van der Waals surface area contributed by atoms with Gasteiger partial charge in [0.25, 0.3) is 0 Å². The van der Waals surface area contributed by atoms with Crippen LogP contribution < -0.4 is 18.9 Å². The first-order valence-corrected chi connectivity index (χ1v) is 16.3. The molecule has 0 bridgehead atoms. The predicted molar refractivity (Wildman–Crippen MR) is 187 cm³/mol. The Labute approximate surface area is 291 Å². The van der Waals surface area contributed by atoms with Crippen LogP contribution in [0, 0.1) is 0 Å². The van der Waals surface area contributed by atoms with Gasteiger partial charge in [-0.15, -0.1) is 0 Å². The Morgan fingerprint density at radius 1 is 0.580 bits per heavy atom. The molecule has 0 saturated heterocycles. The second-order valence-electron chi connectivity index (χ2n) is 10.9. The lowest BCUT2D eigenvalue weighted by molar-refractivity contribution is -0.248. The fourth-order valence-corrected chi connectivity index (χ4v) is 4.59. The molecule has 0 aliphatic heterocycles. The molecule has 50 heavy (non-hydrogen) atoms. The monoisotopic (exact) mass is 680 g/mol. The highest BCUT2D eigenvalue weighted by Crippen LogP contribution is 2.25. The Balaban J connectivity index is 1.19. The van der Waals surface area contributed by atoms with Crippen LogP contribution in [0.25, 0.3) is 10.8 Å². The number of rotatable bonds is 21. The van der Waals surface area contributed by atoms with Crippen molar-refractivity contribution >= 4 is 28.7 Å². The molecule has 0 aliphatic carbocycles. The van der Waals surface area contributed by atoms with E-state index in [-0.39, 0.29) is 0 Å². The molecule has 0 heterocycles. The minimum Gasteiger partial charge on any atom is -0.494 e. The predicted octanol–water partition coefficient (Wildman–Crippen LogP) is 8.35. The third kappa shape index (κ3) is 12.6.